The third-order valence-corrected chi connectivity index (χ3v) is 2.24. The number of anilines is 1. The number of nitrogens with one attached hydrogen (secondary N) is 2. The summed E-state index contributed by atoms with van der Waals surface area (Å²) in [5.41, 5.74) is 6.21. The summed E-state index contributed by atoms with van der Waals surface area (Å²) in [7, 11) is 0. The van der Waals surface area contributed by atoms with E-state index in [0.717, 1.165) is 5.56 Å². The van der Waals surface area contributed by atoms with E-state index in [1.807, 2.05) is 0 Å². The predicted molar refractivity (Wildman–Crippen MR) is 68.6 cm³/mol. The Kier molecular flexibility index (Phi) is 5.34. The van der Waals surface area contributed by atoms with Crippen LogP contribution in [-0.4, -0.2) is 29.6 Å². The summed E-state index contributed by atoms with van der Waals surface area (Å²) in [4.78, 5) is 32.3. The molecule has 0 bridgehead atoms. The number of nitrogens with two attached hydrogens (primary N) is 1. The van der Waals surface area contributed by atoms with Gasteiger partial charge in [0.2, 0.25) is 5.91 Å². The average molecular weight is 265 g/mol. The molecule has 7 heteroatoms. The van der Waals surface area contributed by atoms with Crippen LogP contribution in [0.5, 0.6) is 0 Å². The SMILES string of the molecule is NC(=O)CNC(=O)Nc1cccc(CCC(=O)O)c1. The van der Waals surface area contributed by atoms with Gasteiger partial charge in [-0.2, -0.15) is 0 Å². The number of rotatable bonds is 6. The molecule has 0 spiro atoms. The smallest absolute Gasteiger partial charge is 0.319 e. The van der Waals surface area contributed by atoms with E-state index in [9.17, 15) is 14.4 Å². The normalized spacial score (nSPS) is 9.68. The first-order valence-electron chi connectivity index (χ1n) is 5.61. The molecule has 0 saturated carbocycles. The zero-order valence-corrected chi connectivity index (χ0v) is 10.2. The summed E-state index contributed by atoms with van der Waals surface area (Å²) >= 11 is 0. The number of aliphatic carboxylic acids is 1. The van der Waals surface area contributed by atoms with Crippen molar-refractivity contribution < 1.29 is 19.5 Å². The van der Waals surface area contributed by atoms with Crippen LogP contribution in [0.1, 0.15) is 12.0 Å². The molecular weight excluding hydrogens is 250 g/mol. The van der Waals surface area contributed by atoms with Crippen molar-refractivity contribution in [3.05, 3.63) is 29.8 Å². The first kappa shape index (κ1) is 14.5. The Morgan fingerprint density at radius 1 is 1.26 bits per heavy atom. The molecule has 0 saturated heterocycles. The number of hydrogen-bond donors (Lipinski definition) is 4. The fraction of sp³-hybridized carbons (Fsp3) is 0.250. The van der Waals surface area contributed by atoms with Crippen molar-refractivity contribution in [2.75, 3.05) is 11.9 Å². The second-order valence-corrected chi connectivity index (χ2v) is 3.87. The van der Waals surface area contributed by atoms with E-state index < -0.39 is 17.9 Å². The van der Waals surface area contributed by atoms with E-state index in [1.165, 1.54) is 0 Å². The second kappa shape index (κ2) is 7.00. The van der Waals surface area contributed by atoms with E-state index in [2.05, 4.69) is 10.6 Å². The van der Waals surface area contributed by atoms with Crippen molar-refractivity contribution in [1.82, 2.24) is 5.32 Å². The highest BCUT2D eigenvalue weighted by atomic mass is 16.4. The summed E-state index contributed by atoms with van der Waals surface area (Å²) in [5.74, 6) is -1.51. The third-order valence-electron chi connectivity index (χ3n) is 2.24. The maximum absolute atomic E-state index is 11.4. The van der Waals surface area contributed by atoms with Crippen LogP contribution in [0.3, 0.4) is 0 Å². The second-order valence-electron chi connectivity index (χ2n) is 3.87. The first-order chi connectivity index (χ1) is 8.97. The minimum absolute atomic E-state index is 0.0251. The molecule has 1 aromatic carbocycles. The third kappa shape index (κ3) is 6.06. The van der Waals surface area contributed by atoms with Crippen molar-refractivity contribution in [2.45, 2.75) is 12.8 Å². The standard InChI is InChI=1S/C12H15N3O4/c13-10(16)7-14-12(19)15-9-3-1-2-8(6-9)4-5-11(17)18/h1-3,6H,4-5,7H2,(H2,13,16)(H,17,18)(H2,14,15,19). The molecule has 102 valence electrons. The van der Waals surface area contributed by atoms with E-state index in [1.54, 1.807) is 24.3 Å². The first-order valence-corrected chi connectivity index (χ1v) is 5.61. The van der Waals surface area contributed by atoms with Gasteiger partial charge in [0.25, 0.3) is 0 Å². The summed E-state index contributed by atoms with van der Waals surface area (Å²) in [6.07, 6.45) is 0.408. The minimum atomic E-state index is -0.877. The maximum atomic E-state index is 11.4. The van der Waals surface area contributed by atoms with Crippen molar-refractivity contribution in [1.29, 1.82) is 0 Å². The Bertz CT molecular complexity index is 488. The molecule has 7 nitrogen and oxygen atoms in total. The quantitative estimate of drug-likeness (QED) is 0.591. The van der Waals surface area contributed by atoms with Gasteiger partial charge in [-0.05, 0) is 24.1 Å². The zero-order chi connectivity index (χ0) is 14.3. The van der Waals surface area contributed by atoms with Crippen LogP contribution >= 0.6 is 0 Å². The fourth-order valence-corrected chi connectivity index (χ4v) is 1.40. The molecule has 0 aromatic heterocycles. The molecule has 0 unspecified atom stereocenters. The van der Waals surface area contributed by atoms with Crippen LogP contribution < -0.4 is 16.4 Å². The highest BCUT2D eigenvalue weighted by Gasteiger charge is 2.04. The van der Waals surface area contributed by atoms with Crippen molar-refractivity contribution >= 4 is 23.6 Å². The lowest BCUT2D eigenvalue weighted by molar-refractivity contribution is -0.137. The molecule has 0 radical (unpaired) electrons. The molecule has 0 aliphatic carbocycles. The Morgan fingerprint density at radius 2 is 2.00 bits per heavy atom. The van der Waals surface area contributed by atoms with Crippen molar-refractivity contribution in [3.8, 4) is 0 Å². The van der Waals surface area contributed by atoms with Crippen LogP contribution in [0.4, 0.5) is 10.5 Å². The van der Waals surface area contributed by atoms with Crippen molar-refractivity contribution in [3.63, 3.8) is 0 Å². The lowest BCUT2D eigenvalue weighted by Gasteiger charge is -2.07. The molecule has 0 aliphatic heterocycles. The Balaban J connectivity index is 2.54. The molecule has 3 amide bonds. The number of aryl methyl sites for hydroxylation is 1. The van der Waals surface area contributed by atoms with E-state index in [0.29, 0.717) is 12.1 Å². The molecular formula is C12H15N3O4. The number of carboxylic acids is 1. The van der Waals surface area contributed by atoms with Gasteiger partial charge in [0.1, 0.15) is 0 Å². The number of hydrogen-bond acceptors (Lipinski definition) is 3. The number of primary amides is 1. The number of carbonyl (C=O) groups is 3. The van der Waals surface area contributed by atoms with Gasteiger partial charge in [0.05, 0.1) is 6.54 Å². The molecule has 0 fully saturated rings. The number of benzene rings is 1. The molecule has 0 heterocycles. The van der Waals surface area contributed by atoms with E-state index >= 15 is 0 Å². The van der Waals surface area contributed by atoms with Gasteiger partial charge in [-0.15, -0.1) is 0 Å². The molecule has 1 aromatic rings. The topological polar surface area (TPSA) is 122 Å². The Labute approximate surface area is 109 Å². The largest absolute Gasteiger partial charge is 0.481 e. The number of carboxylic acid groups (broad SMARTS) is 1. The van der Waals surface area contributed by atoms with Gasteiger partial charge in [0.15, 0.2) is 0 Å². The van der Waals surface area contributed by atoms with Crippen molar-refractivity contribution in [2.24, 2.45) is 5.73 Å². The average Bonchev–Trinajstić information content (AvgIpc) is 2.34. The molecule has 19 heavy (non-hydrogen) atoms. The summed E-state index contributed by atoms with van der Waals surface area (Å²) in [6.45, 7) is -0.245. The molecule has 1 rings (SSSR count). The van der Waals surface area contributed by atoms with Gasteiger partial charge in [-0.3, -0.25) is 9.59 Å². The molecule has 5 N–H and O–H groups in total. The minimum Gasteiger partial charge on any atom is -0.481 e. The lowest BCUT2D eigenvalue weighted by atomic mass is 10.1. The van der Waals surface area contributed by atoms with Crippen LogP contribution in [0.15, 0.2) is 24.3 Å². The van der Waals surface area contributed by atoms with Gasteiger partial charge in [-0.25, -0.2) is 4.79 Å². The number of carbonyl (C=O) groups excluding carboxylic acids is 2. The molecule has 0 atom stereocenters. The highest BCUT2D eigenvalue weighted by Crippen LogP contribution is 2.12. The summed E-state index contributed by atoms with van der Waals surface area (Å²) in [6, 6.07) is 6.27. The number of urea groups is 1. The number of amides is 3. The summed E-state index contributed by atoms with van der Waals surface area (Å²) in [5, 5.41) is 13.4. The fourth-order valence-electron chi connectivity index (χ4n) is 1.40. The van der Waals surface area contributed by atoms with Gasteiger partial charge < -0.3 is 21.5 Å². The Morgan fingerprint density at radius 3 is 2.63 bits per heavy atom. The van der Waals surface area contributed by atoms with E-state index in [4.69, 9.17) is 10.8 Å². The van der Waals surface area contributed by atoms with Crippen LogP contribution in [-0.2, 0) is 16.0 Å². The highest BCUT2D eigenvalue weighted by molar-refractivity contribution is 5.92. The summed E-state index contributed by atoms with van der Waals surface area (Å²) < 4.78 is 0. The monoisotopic (exact) mass is 265 g/mol. The van der Waals surface area contributed by atoms with E-state index in [-0.39, 0.29) is 13.0 Å². The van der Waals surface area contributed by atoms with Gasteiger partial charge in [0, 0.05) is 12.1 Å². The van der Waals surface area contributed by atoms with Crippen LogP contribution in [0, 0.1) is 0 Å². The predicted octanol–water partition coefficient (Wildman–Crippen LogP) is 0.311. The maximum Gasteiger partial charge on any atom is 0.319 e. The molecule has 0 aliphatic rings. The lowest BCUT2D eigenvalue weighted by Crippen LogP contribution is -2.36. The van der Waals surface area contributed by atoms with Crippen LogP contribution in [0.25, 0.3) is 0 Å². The van der Waals surface area contributed by atoms with Gasteiger partial charge >= 0.3 is 12.0 Å². The zero-order valence-electron chi connectivity index (χ0n) is 10.2. The Hall–Kier alpha value is -2.57. The van der Waals surface area contributed by atoms with Crippen LogP contribution in [0.2, 0.25) is 0 Å². The van der Waals surface area contributed by atoms with Gasteiger partial charge in [-0.1, -0.05) is 12.1 Å².